The van der Waals surface area contributed by atoms with Gasteiger partial charge in [0, 0.05) is 0 Å². The standard InChI is InChI=1S/C11H15N5O2S/c1-19-11-14-10-13-9-6(5-16(10)15-11)2-3-7(9)12-4-8(17)18/h7,12H,2-5H2,1H3,(H,17,18)(H,13,14,15). The molecule has 3 aliphatic rings. The van der Waals surface area contributed by atoms with E-state index in [0.717, 1.165) is 30.3 Å². The van der Waals surface area contributed by atoms with Crippen LogP contribution in [0.4, 0.5) is 0 Å². The van der Waals surface area contributed by atoms with Gasteiger partial charge in [-0.05, 0) is 24.7 Å². The predicted molar refractivity (Wildman–Crippen MR) is 73.9 cm³/mol. The van der Waals surface area contributed by atoms with Crippen molar-refractivity contribution in [3.8, 4) is 0 Å². The number of guanidine groups is 1. The van der Waals surface area contributed by atoms with Crippen LogP contribution in [0, 0.1) is 0 Å². The van der Waals surface area contributed by atoms with Gasteiger partial charge >= 0.3 is 5.97 Å². The minimum atomic E-state index is -0.843. The molecule has 1 unspecified atom stereocenters. The first-order valence-electron chi connectivity index (χ1n) is 6.10. The Bertz CT molecular complexity index is 513. The van der Waals surface area contributed by atoms with Crippen molar-refractivity contribution in [2.75, 3.05) is 19.3 Å². The molecule has 3 rings (SSSR count). The van der Waals surface area contributed by atoms with Crippen molar-refractivity contribution >= 4 is 28.9 Å². The Balaban J connectivity index is 1.77. The highest BCUT2D eigenvalue weighted by Crippen LogP contribution is 2.32. The molecule has 0 saturated heterocycles. The Hall–Kier alpha value is -1.54. The zero-order valence-electron chi connectivity index (χ0n) is 10.5. The molecule has 0 aromatic rings. The van der Waals surface area contributed by atoms with Crippen molar-refractivity contribution in [3.63, 3.8) is 0 Å². The number of nitrogens with zero attached hydrogens (tertiary/aromatic N) is 3. The van der Waals surface area contributed by atoms with Crippen LogP contribution in [0.5, 0.6) is 0 Å². The van der Waals surface area contributed by atoms with E-state index in [1.165, 1.54) is 5.57 Å². The summed E-state index contributed by atoms with van der Waals surface area (Å²) in [7, 11) is 0. The summed E-state index contributed by atoms with van der Waals surface area (Å²) < 4.78 is 0. The van der Waals surface area contributed by atoms with Gasteiger partial charge in [0.05, 0.1) is 24.8 Å². The Kier molecular flexibility index (Phi) is 3.19. The number of carbonyl (C=O) groups is 1. The van der Waals surface area contributed by atoms with E-state index < -0.39 is 5.97 Å². The van der Waals surface area contributed by atoms with Crippen LogP contribution in [0.25, 0.3) is 0 Å². The number of thioether (sulfide) groups is 1. The van der Waals surface area contributed by atoms with Gasteiger partial charge in [0.1, 0.15) is 0 Å². The lowest BCUT2D eigenvalue weighted by Gasteiger charge is -2.24. The lowest BCUT2D eigenvalue weighted by Crippen LogP contribution is -2.42. The Labute approximate surface area is 114 Å². The summed E-state index contributed by atoms with van der Waals surface area (Å²) in [4.78, 5) is 19.6. The van der Waals surface area contributed by atoms with Crippen LogP contribution < -0.4 is 10.7 Å². The van der Waals surface area contributed by atoms with Crippen molar-refractivity contribution in [2.45, 2.75) is 18.9 Å². The van der Waals surface area contributed by atoms with Gasteiger partial charge in [-0.2, -0.15) is 4.99 Å². The maximum absolute atomic E-state index is 10.6. The normalized spacial score (nSPS) is 24.7. The monoisotopic (exact) mass is 281 g/mol. The van der Waals surface area contributed by atoms with E-state index in [1.807, 2.05) is 11.3 Å². The lowest BCUT2D eigenvalue weighted by molar-refractivity contribution is -0.136. The van der Waals surface area contributed by atoms with Crippen LogP contribution in [-0.4, -0.2) is 52.6 Å². The SMILES string of the molecule is CSC1=NC2=NC3=C(CCC3NCC(=O)O)CN2N1. The first-order chi connectivity index (χ1) is 9.17. The number of fused-ring (bicyclic) bond motifs is 1. The van der Waals surface area contributed by atoms with Crippen LogP contribution in [0.3, 0.4) is 0 Å². The van der Waals surface area contributed by atoms with Crippen molar-refractivity contribution < 1.29 is 9.90 Å². The number of carboxylic acid groups (broad SMARTS) is 1. The van der Waals surface area contributed by atoms with Crippen molar-refractivity contribution in [3.05, 3.63) is 11.3 Å². The van der Waals surface area contributed by atoms with E-state index >= 15 is 0 Å². The van der Waals surface area contributed by atoms with Gasteiger partial charge in [0.2, 0.25) is 5.96 Å². The maximum atomic E-state index is 10.6. The molecule has 8 heteroatoms. The number of hydrogen-bond acceptors (Lipinski definition) is 7. The molecule has 0 aromatic carbocycles. The summed E-state index contributed by atoms with van der Waals surface area (Å²) >= 11 is 1.55. The fourth-order valence-corrected chi connectivity index (χ4v) is 2.86. The van der Waals surface area contributed by atoms with Gasteiger partial charge < -0.3 is 5.11 Å². The summed E-state index contributed by atoms with van der Waals surface area (Å²) in [5, 5.41) is 14.5. The molecule has 102 valence electrons. The largest absolute Gasteiger partial charge is 0.480 e. The van der Waals surface area contributed by atoms with Gasteiger partial charge in [-0.25, -0.2) is 10.0 Å². The second kappa shape index (κ2) is 4.86. The highest BCUT2D eigenvalue weighted by Gasteiger charge is 2.34. The summed E-state index contributed by atoms with van der Waals surface area (Å²) in [5.74, 6) is -0.170. The third-order valence-corrected chi connectivity index (χ3v) is 3.93. The molecule has 0 aromatic heterocycles. The number of nitrogens with one attached hydrogen (secondary N) is 2. The molecule has 0 saturated carbocycles. The van der Waals surface area contributed by atoms with Gasteiger partial charge in [-0.15, -0.1) is 0 Å². The third-order valence-electron chi connectivity index (χ3n) is 3.36. The van der Waals surface area contributed by atoms with Crippen LogP contribution >= 0.6 is 11.8 Å². The second-order valence-electron chi connectivity index (χ2n) is 4.59. The highest BCUT2D eigenvalue weighted by molar-refractivity contribution is 8.13. The number of hydrazine groups is 1. The van der Waals surface area contributed by atoms with E-state index in [0.29, 0.717) is 5.96 Å². The summed E-state index contributed by atoms with van der Waals surface area (Å²) in [6, 6.07) is 0.0364. The van der Waals surface area contributed by atoms with Gasteiger partial charge in [-0.3, -0.25) is 15.5 Å². The van der Waals surface area contributed by atoms with Gasteiger partial charge in [0.25, 0.3) is 0 Å². The molecular formula is C11H15N5O2S. The van der Waals surface area contributed by atoms with Gasteiger partial charge in [0.15, 0.2) is 5.17 Å². The van der Waals surface area contributed by atoms with E-state index in [1.54, 1.807) is 11.8 Å². The topological polar surface area (TPSA) is 89.3 Å². The average Bonchev–Trinajstić information content (AvgIpc) is 2.96. The molecule has 1 atom stereocenters. The summed E-state index contributed by atoms with van der Waals surface area (Å²) in [6.45, 7) is 0.737. The minimum absolute atomic E-state index is 0.0341. The van der Waals surface area contributed by atoms with Crippen molar-refractivity contribution in [1.82, 2.24) is 15.8 Å². The first-order valence-corrected chi connectivity index (χ1v) is 7.32. The maximum Gasteiger partial charge on any atom is 0.317 e. The Morgan fingerprint density at radius 3 is 3.21 bits per heavy atom. The number of amidine groups is 1. The lowest BCUT2D eigenvalue weighted by atomic mass is 10.2. The van der Waals surface area contributed by atoms with E-state index in [9.17, 15) is 4.79 Å². The van der Waals surface area contributed by atoms with Crippen molar-refractivity contribution in [1.29, 1.82) is 0 Å². The number of carboxylic acids is 1. The van der Waals surface area contributed by atoms with E-state index in [4.69, 9.17) is 5.11 Å². The summed E-state index contributed by atoms with van der Waals surface area (Å²) in [5.41, 5.74) is 5.42. The molecule has 1 aliphatic carbocycles. The van der Waals surface area contributed by atoms with E-state index in [2.05, 4.69) is 20.7 Å². The number of aliphatic carboxylic acids is 1. The van der Waals surface area contributed by atoms with Crippen LogP contribution in [-0.2, 0) is 4.79 Å². The molecule has 3 N–H and O–H groups in total. The molecule has 0 bridgehead atoms. The number of aliphatic imine (C=N–C) groups is 2. The molecule has 2 heterocycles. The fraction of sp³-hybridized carbons (Fsp3) is 0.545. The Morgan fingerprint density at radius 1 is 1.63 bits per heavy atom. The first kappa shape index (κ1) is 12.5. The average molecular weight is 281 g/mol. The third kappa shape index (κ3) is 2.33. The smallest absolute Gasteiger partial charge is 0.317 e. The second-order valence-corrected chi connectivity index (χ2v) is 5.38. The van der Waals surface area contributed by atoms with Crippen LogP contribution in [0.15, 0.2) is 21.3 Å². The molecule has 0 fully saturated rings. The molecule has 0 amide bonds. The predicted octanol–water partition coefficient (Wildman–Crippen LogP) is -0.0141. The zero-order chi connectivity index (χ0) is 13.4. The summed E-state index contributed by atoms with van der Waals surface area (Å²) in [6.07, 6.45) is 3.82. The highest BCUT2D eigenvalue weighted by atomic mass is 32.2. The quantitative estimate of drug-likeness (QED) is 0.674. The number of rotatable bonds is 3. The molecular weight excluding hydrogens is 266 g/mol. The molecule has 7 nitrogen and oxygen atoms in total. The van der Waals surface area contributed by atoms with Gasteiger partial charge in [-0.1, -0.05) is 11.8 Å². The van der Waals surface area contributed by atoms with Crippen molar-refractivity contribution in [2.24, 2.45) is 9.98 Å². The molecule has 2 aliphatic heterocycles. The Morgan fingerprint density at radius 2 is 2.47 bits per heavy atom. The van der Waals surface area contributed by atoms with Crippen LogP contribution in [0.1, 0.15) is 12.8 Å². The molecule has 0 spiro atoms. The minimum Gasteiger partial charge on any atom is -0.480 e. The fourth-order valence-electron chi connectivity index (χ4n) is 2.48. The van der Waals surface area contributed by atoms with Crippen LogP contribution in [0.2, 0.25) is 0 Å². The number of hydrogen-bond donors (Lipinski definition) is 3. The van der Waals surface area contributed by atoms with E-state index in [-0.39, 0.29) is 12.6 Å². The zero-order valence-corrected chi connectivity index (χ0v) is 11.3. The molecule has 19 heavy (non-hydrogen) atoms. The molecule has 0 radical (unpaired) electrons.